The van der Waals surface area contributed by atoms with Crippen molar-refractivity contribution in [1.82, 2.24) is 9.80 Å². The zero-order valence-electron chi connectivity index (χ0n) is 14.8. The van der Waals surface area contributed by atoms with Gasteiger partial charge in [0.15, 0.2) is 0 Å². The van der Waals surface area contributed by atoms with Gasteiger partial charge in [0.2, 0.25) is 0 Å². The van der Waals surface area contributed by atoms with Crippen LogP contribution in [0.2, 0.25) is 0 Å². The molecule has 0 aliphatic carbocycles. The van der Waals surface area contributed by atoms with Gasteiger partial charge in [0.25, 0.3) is 5.91 Å². The van der Waals surface area contributed by atoms with Crippen molar-refractivity contribution < 1.29 is 13.9 Å². The molecule has 4 rings (SSSR count). The molecule has 0 spiro atoms. The molecule has 5 heteroatoms. The molecule has 2 aliphatic heterocycles. The van der Waals surface area contributed by atoms with Crippen molar-refractivity contribution >= 4 is 5.91 Å². The summed E-state index contributed by atoms with van der Waals surface area (Å²) in [6.07, 6.45) is 0.0923. The summed E-state index contributed by atoms with van der Waals surface area (Å²) in [6, 6.07) is 12.6. The highest BCUT2D eigenvalue weighted by Crippen LogP contribution is 2.27. The summed E-state index contributed by atoms with van der Waals surface area (Å²) in [4.78, 5) is 17.2. The first-order chi connectivity index (χ1) is 12.1. The van der Waals surface area contributed by atoms with Crippen molar-refractivity contribution in [2.75, 3.05) is 26.2 Å². The van der Waals surface area contributed by atoms with Gasteiger partial charge >= 0.3 is 0 Å². The normalized spacial score (nSPS) is 23.7. The zero-order valence-corrected chi connectivity index (χ0v) is 14.8. The SMILES string of the molecule is Cc1cc(C(=O)N2C[C@@H]3OCCN(Cc4ccccc4)[C@H]3C2)c(C)o1. The number of carbonyl (C=O) groups is 1. The molecule has 1 amide bonds. The number of rotatable bonds is 3. The molecule has 25 heavy (non-hydrogen) atoms. The van der Waals surface area contributed by atoms with Crippen molar-refractivity contribution in [2.24, 2.45) is 0 Å². The van der Waals surface area contributed by atoms with Crippen LogP contribution in [0, 0.1) is 13.8 Å². The number of benzene rings is 1. The van der Waals surface area contributed by atoms with E-state index >= 15 is 0 Å². The largest absolute Gasteiger partial charge is 0.466 e. The summed E-state index contributed by atoms with van der Waals surface area (Å²) >= 11 is 0. The van der Waals surface area contributed by atoms with E-state index in [-0.39, 0.29) is 18.1 Å². The Bertz CT molecular complexity index is 756. The first-order valence-electron chi connectivity index (χ1n) is 8.87. The van der Waals surface area contributed by atoms with E-state index in [0.29, 0.717) is 24.4 Å². The number of nitrogens with zero attached hydrogens (tertiary/aromatic N) is 2. The average Bonchev–Trinajstić information content (AvgIpc) is 3.19. The highest BCUT2D eigenvalue weighted by molar-refractivity contribution is 5.95. The van der Waals surface area contributed by atoms with E-state index in [9.17, 15) is 4.79 Å². The van der Waals surface area contributed by atoms with Gasteiger partial charge < -0.3 is 14.1 Å². The Balaban J connectivity index is 1.49. The highest BCUT2D eigenvalue weighted by atomic mass is 16.5. The van der Waals surface area contributed by atoms with Gasteiger partial charge in [0.1, 0.15) is 11.5 Å². The number of amides is 1. The zero-order chi connectivity index (χ0) is 17.4. The Morgan fingerprint density at radius 2 is 2.00 bits per heavy atom. The van der Waals surface area contributed by atoms with Crippen molar-refractivity contribution in [3.05, 3.63) is 59.0 Å². The number of hydrogen-bond donors (Lipinski definition) is 0. The summed E-state index contributed by atoms with van der Waals surface area (Å²) in [5, 5.41) is 0. The monoisotopic (exact) mass is 340 g/mol. The minimum Gasteiger partial charge on any atom is -0.466 e. The van der Waals surface area contributed by atoms with Crippen LogP contribution in [0.5, 0.6) is 0 Å². The van der Waals surface area contributed by atoms with Gasteiger partial charge in [0, 0.05) is 26.2 Å². The molecular weight excluding hydrogens is 316 g/mol. The molecule has 1 aromatic heterocycles. The molecule has 5 nitrogen and oxygen atoms in total. The molecule has 1 aromatic carbocycles. The molecule has 0 unspecified atom stereocenters. The van der Waals surface area contributed by atoms with Crippen LogP contribution in [0.3, 0.4) is 0 Å². The van der Waals surface area contributed by atoms with E-state index < -0.39 is 0 Å². The van der Waals surface area contributed by atoms with Crippen LogP contribution in [-0.2, 0) is 11.3 Å². The third-order valence-electron chi connectivity index (χ3n) is 5.20. The van der Waals surface area contributed by atoms with Crippen LogP contribution in [0.1, 0.15) is 27.4 Å². The summed E-state index contributed by atoms with van der Waals surface area (Å²) in [5.41, 5.74) is 1.97. The maximum atomic E-state index is 12.9. The fraction of sp³-hybridized carbons (Fsp3) is 0.450. The van der Waals surface area contributed by atoms with Gasteiger partial charge in [-0.2, -0.15) is 0 Å². The van der Waals surface area contributed by atoms with Crippen molar-refractivity contribution in [3.63, 3.8) is 0 Å². The van der Waals surface area contributed by atoms with Gasteiger partial charge in [-0.1, -0.05) is 30.3 Å². The number of morpholine rings is 1. The van der Waals surface area contributed by atoms with Crippen molar-refractivity contribution in [3.8, 4) is 0 Å². The summed E-state index contributed by atoms with van der Waals surface area (Å²) in [6.45, 7) is 7.61. The summed E-state index contributed by atoms with van der Waals surface area (Å²) < 4.78 is 11.5. The lowest BCUT2D eigenvalue weighted by Crippen LogP contribution is -2.50. The minimum atomic E-state index is 0.0482. The molecule has 2 aromatic rings. The highest BCUT2D eigenvalue weighted by Gasteiger charge is 2.42. The molecule has 2 saturated heterocycles. The number of likely N-dealkylation sites (tertiary alicyclic amines) is 1. The number of hydrogen-bond acceptors (Lipinski definition) is 4. The fourth-order valence-electron chi connectivity index (χ4n) is 3.95. The quantitative estimate of drug-likeness (QED) is 0.862. The Morgan fingerprint density at radius 1 is 1.20 bits per heavy atom. The standard InChI is InChI=1S/C20H24N2O3/c1-14-10-17(15(2)25-14)20(23)22-12-18-19(13-22)24-9-8-21(18)11-16-6-4-3-5-7-16/h3-7,10,18-19H,8-9,11-13H2,1-2H3/t18-,19-/m0/s1. The van der Waals surface area contributed by atoms with Crippen LogP contribution in [0.25, 0.3) is 0 Å². The lowest BCUT2D eigenvalue weighted by Gasteiger charge is -2.36. The molecule has 0 radical (unpaired) electrons. The Morgan fingerprint density at radius 3 is 2.72 bits per heavy atom. The number of carbonyl (C=O) groups excluding carboxylic acids is 1. The summed E-state index contributed by atoms with van der Waals surface area (Å²) in [7, 11) is 0. The molecule has 2 fully saturated rings. The average molecular weight is 340 g/mol. The molecule has 0 saturated carbocycles. The second-order valence-electron chi connectivity index (χ2n) is 6.97. The second kappa shape index (κ2) is 6.65. The maximum absolute atomic E-state index is 12.9. The summed E-state index contributed by atoms with van der Waals surface area (Å²) in [5.74, 6) is 1.52. The van der Waals surface area contributed by atoms with E-state index in [0.717, 1.165) is 25.5 Å². The van der Waals surface area contributed by atoms with Gasteiger partial charge in [-0.05, 0) is 25.5 Å². The number of fused-ring (bicyclic) bond motifs is 1. The third-order valence-corrected chi connectivity index (χ3v) is 5.20. The van der Waals surface area contributed by atoms with Gasteiger partial charge in [-0.15, -0.1) is 0 Å². The van der Waals surface area contributed by atoms with E-state index in [1.165, 1.54) is 5.56 Å². The van der Waals surface area contributed by atoms with Crippen LogP contribution in [0.15, 0.2) is 40.8 Å². The van der Waals surface area contributed by atoms with E-state index in [1.54, 1.807) is 0 Å². The molecule has 2 aliphatic rings. The first-order valence-corrected chi connectivity index (χ1v) is 8.87. The van der Waals surface area contributed by atoms with Crippen molar-refractivity contribution in [2.45, 2.75) is 32.5 Å². The van der Waals surface area contributed by atoms with Gasteiger partial charge in [0.05, 0.1) is 24.3 Å². The second-order valence-corrected chi connectivity index (χ2v) is 6.97. The molecular formula is C20H24N2O3. The predicted octanol–water partition coefficient (Wildman–Crippen LogP) is 2.62. The topological polar surface area (TPSA) is 45.9 Å². The molecule has 3 heterocycles. The minimum absolute atomic E-state index is 0.0482. The molecule has 2 atom stereocenters. The lowest BCUT2D eigenvalue weighted by atomic mass is 10.1. The van der Waals surface area contributed by atoms with Gasteiger partial charge in [-0.3, -0.25) is 9.69 Å². The Labute approximate surface area is 148 Å². The number of ether oxygens (including phenoxy) is 1. The number of furan rings is 1. The lowest BCUT2D eigenvalue weighted by molar-refractivity contribution is -0.0503. The Hall–Kier alpha value is -2.11. The third kappa shape index (κ3) is 3.22. The fourth-order valence-corrected chi connectivity index (χ4v) is 3.95. The van der Waals surface area contributed by atoms with E-state index in [2.05, 4.69) is 29.2 Å². The smallest absolute Gasteiger partial charge is 0.257 e. The van der Waals surface area contributed by atoms with E-state index in [4.69, 9.17) is 9.15 Å². The van der Waals surface area contributed by atoms with Crippen LogP contribution in [0.4, 0.5) is 0 Å². The van der Waals surface area contributed by atoms with Crippen LogP contribution in [-0.4, -0.2) is 54.1 Å². The van der Waals surface area contributed by atoms with Crippen LogP contribution >= 0.6 is 0 Å². The molecule has 0 bridgehead atoms. The molecule has 0 N–H and O–H groups in total. The van der Waals surface area contributed by atoms with Crippen LogP contribution < -0.4 is 0 Å². The van der Waals surface area contributed by atoms with Crippen molar-refractivity contribution in [1.29, 1.82) is 0 Å². The van der Waals surface area contributed by atoms with E-state index in [1.807, 2.05) is 30.9 Å². The predicted molar refractivity (Wildman–Crippen MR) is 94.5 cm³/mol. The number of aryl methyl sites for hydroxylation is 2. The first kappa shape index (κ1) is 16.4. The Kier molecular flexibility index (Phi) is 4.36. The van der Waals surface area contributed by atoms with Gasteiger partial charge in [-0.25, -0.2) is 0 Å². The maximum Gasteiger partial charge on any atom is 0.257 e. The molecule has 132 valence electrons.